The first-order chi connectivity index (χ1) is 4.56. The Hall–Kier alpha value is 0.870. The summed E-state index contributed by atoms with van der Waals surface area (Å²) in [5, 5.41) is 0. The Morgan fingerprint density at radius 1 is 1.18 bits per heavy atom. The Kier molecular flexibility index (Phi) is 9.84. The van der Waals surface area contributed by atoms with Crippen molar-refractivity contribution in [3.8, 4) is 0 Å². The van der Waals surface area contributed by atoms with Crippen LogP contribution in [-0.2, 0) is 10.1 Å². The molecule has 0 aromatic carbocycles. The van der Waals surface area contributed by atoms with Gasteiger partial charge in [-0.1, -0.05) is 6.42 Å². The molecule has 0 atom stereocenters. The summed E-state index contributed by atoms with van der Waals surface area (Å²) in [4.78, 5) is 0. The van der Waals surface area contributed by atoms with Crippen molar-refractivity contribution in [1.82, 2.24) is 0 Å². The maximum atomic E-state index is 10.0. The van der Waals surface area contributed by atoms with Crippen molar-refractivity contribution < 1.29 is 42.5 Å². The predicted molar refractivity (Wildman–Crippen MR) is 37.5 cm³/mol. The fraction of sp³-hybridized carbons (Fsp3) is 1.00. The van der Waals surface area contributed by atoms with Crippen molar-refractivity contribution in [2.24, 2.45) is 5.73 Å². The topological polar surface area (TPSA) is 83.2 Å². The van der Waals surface area contributed by atoms with Gasteiger partial charge in [0.15, 0.2) is 0 Å². The molecule has 0 radical (unpaired) electrons. The molecule has 0 heterocycles. The van der Waals surface area contributed by atoms with Gasteiger partial charge >= 0.3 is 29.6 Å². The van der Waals surface area contributed by atoms with Crippen molar-refractivity contribution in [1.29, 1.82) is 0 Å². The van der Waals surface area contributed by atoms with E-state index in [1.54, 1.807) is 0 Å². The van der Waals surface area contributed by atoms with Crippen molar-refractivity contribution in [3.05, 3.63) is 0 Å². The van der Waals surface area contributed by atoms with Gasteiger partial charge in [-0.05, 0) is 19.4 Å². The molecule has 0 saturated carbocycles. The average molecular weight is 189 g/mol. The van der Waals surface area contributed by atoms with Crippen molar-refractivity contribution in [3.63, 3.8) is 0 Å². The number of hydrogen-bond acceptors (Lipinski definition) is 4. The van der Waals surface area contributed by atoms with Crippen molar-refractivity contribution in [2.45, 2.75) is 19.3 Å². The van der Waals surface area contributed by atoms with E-state index in [0.717, 1.165) is 12.8 Å². The Bertz CT molecular complexity index is 169. The molecule has 11 heavy (non-hydrogen) atoms. The van der Waals surface area contributed by atoms with E-state index in [0.29, 0.717) is 13.0 Å². The Balaban J connectivity index is 0. The van der Waals surface area contributed by atoms with Gasteiger partial charge in [-0.3, -0.25) is 0 Å². The van der Waals surface area contributed by atoms with Gasteiger partial charge in [0.1, 0.15) is 0 Å². The van der Waals surface area contributed by atoms with Crippen LogP contribution in [0.25, 0.3) is 0 Å². The summed E-state index contributed by atoms with van der Waals surface area (Å²) in [6.45, 7) is 0.554. The molecule has 0 fully saturated rings. The van der Waals surface area contributed by atoms with E-state index in [2.05, 4.69) is 0 Å². The minimum Gasteiger partial charge on any atom is -0.748 e. The van der Waals surface area contributed by atoms with Gasteiger partial charge < -0.3 is 10.3 Å². The molecule has 0 saturated heterocycles. The molecule has 0 unspecified atom stereocenters. The monoisotopic (exact) mass is 189 g/mol. The van der Waals surface area contributed by atoms with Gasteiger partial charge in [-0.25, -0.2) is 8.42 Å². The second-order valence-electron chi connectivity index (χ2n) is 2.11. The van der Waals surface area contributed by atoms with Gasteiger partial charge in [0, 0.05) is 5.75 Å². The fourth-order valence-electron chi connectivity index (χ4n) is 0.600. The molecule has 6 heteroatoms. The standard InChI is InChI=1S/C5H13NO3S.Na/c6-4-2-1-3-5-10(7,8)9;/h1-6H2,(H,7,8,9);/q;+1/p-1. The summed E-state index contributed by atoms with van der Waals surface area (Å²) in [5.41, 5.74) is 5.15. The zero-order valence-electron chi connectivity index (χ0n) is 6.75. The molecule has 0 aliphatic carbocycles. The molecular formula is C5H12NNaO3S. The smallest absolute Gasteiger partial charge is 0.748 e. The molecular weight excluding hydrogens is 177 g/mol. The third-order valence-corrected chi connectivity index (χ3v) is 1.89. The molecule has 4 nitrogen and oxygen atoms in total. The van der Waals surface area contributed by atoms with Crippen molar-refractivity contribution >= 4 is 10.1 Å². The predicted octanol–water partition coefficient (Wildman–Crippen LogP) is -3.34. The molecule has 0 aromatic rings. The van der Waals surface area contributed by atoms with Crippen LogP contribution >= 0.6 is 0 Å². The summed E-state index contributed by atoms with van der Waals surface area (Å²) >= 11 is 0. The van der Waals surface area contributed by atoms with E-state index < -0.39 is 10.1 Å². The molecule has 0 rings (SSSR count). The van der Waals surface area contributed by atoms with E-state index in [-0.39, 0.29) is 35.3 Å². The SMILES string of the molecule is NCCCCCS(=O)(=O)[O-].[Na+]. The Morgan fingerprint density at radius 2 is 1.73 bits per heavy atom. The van der Waals surface area contributed by atoms with Gasteiger partial charge in [0.05, 0.1) is 10.1 Å². The van der Waals surface area contributed by atoms with Crippen LogP contribution in [0, 0.1) is 0 Å². The summed E-state index contributed by atoms with van der Waals surface area (Å²) in [5.74, 6) is -0.257. The molecule has 62 valence electrons. The van der Waals surface area contributed by atoms with E-state index in [4.69, 9.17) is 5.73 Å². The first-order valence-corrected chi connectivity index (χ1v) is 4.77. The first kappa shape index (κ1) is 14.4. The van der Waals surface area contributed by atoms with Crippen LogP contribution < -0.4 is 35.3 Å². The summed E-state index contributed by atoms with van der Waals surface area (Å²) in [6, 6.07) is 0. The molecule has 0 spiro atoms. The molecule has 0 aliphatic heterocycles. The first-order valence-electron chi connectivity index (χ1n) is 3.20. The number of unbranched alkanes of at least 4 members (excludes halogenated alkanes) is 2. The van der Waals surface area contributed by atoms with E-state index >= 15 is 0 Å². The number of hydrogen-bond donors (Lipinski definition) is 1. The zero-order chi connectivity index (χ0) is 8.04. The van der Waals surface area contributed by atoms with Gasteiger partial charge in [-0.15, -0.1) is 0 Å². The average Bonchev–Trinajstić information content (AvgIpc) is 1.78. The molecule has 0 amide bonds. The van der Waals surface area contributed by atoms with E-state index in [1.807, 2.05) is 0 Å². The molecule has 2 N–H and O–H groups in total. The maximum Gasteiger partial charge on any atom is 1.00 e. The maximum absolute atomic E-state index is 10.0. The van der Waals surface area contributed by atoms with Gasteiger partial charge in [0.25, 0.3) is 0 Å². The van der Waals surface area contributed by atoms with Crippen LogP contribution in [0.2, 0.25) is 0 Å². The van der Waals surface area contributed by atoms with E-state index in [9.17, 15) is 13.0 Å². The number of rotatable bonds is 5. The Labute approximate surface area is 89.6 Å². The summed E-state index contributed by atoms with van der Waals surface area (Å²) in [7, 11) is -4.00. The largest absolute Gasteiger partial charge is 1.00 e. The quantitative estimate of drug-likeness (QED) is 0.278. The van der Waals surface area contributed by atoms with Crippen LogP contribution in [-0.4, -0.2) is 25.3 Å². The second-order valence-corrected chi connectivity index (χ2v) is 3.63. The fourth-order valence-corrected chi connectivity index (χ4v) is 1.16. The van der Waals surface area contributed by atoms with Gasteiger partial charge in [0.2, 0.25) is 0 Å². The van der Waals surface area contributed by atoms with Crippen LogP contribution in [0.1, 0.15) is 19.3 Å². The minimum absolute atomic E-state index is 0. The van der Waals surface area contributed by atoms with E-state index in [1.165, 1.54) is 0 Å². The molecule has 0 aromatic heterocycles. The summed E-state index contributed by atoms with van der Waals surface area (Å²) < 4.78 is 30.0. The normalized spacial score (nSPS) is 10.7. The Morgan fingerprint density at radius 3 is 2.09 bits per heavy atom. The van der Waals surface area contributed by atoms with Crippen LogP contribution in [0.4, 0.5) is 0 Å². The van der Waals surface area contributed by atoms with Crippen LogP contribution in [0.15, 0.2) is 0 Å². The van der Waals surface area contributed by atoms with Gasteiger partial charge in [-0.2, -0.15) is 0 Å². The van der Waals surface area contributed by atoms with Crippen molar-refractivity contribution in [2.75, 3.05) is 12.3 Å². The third-order valence-electron chi connectivity index (χ3n) is 1.10. The second kappa shape index (κ2) is 7.52. The van der Waals surface area contributed by atoms with Crippen LogP contribution in [0.5, 0.6) is 0 Å². The summed E-state index contributed by atoms with van der Waals surface area (Å²) in [6.07, 6.45) is 1.94. The minimum atomic E-state index is -4.00. The number of nitrogens with two attached hydrogens (primary N) is 1. The zero-order valence-corrected chi connectivity index (χ0v) is 9.56. The third kappa shape index (κ3) is 13.8. The molecule has 0 aliphatic rings. The van der Waals surface area contributed by atoms with Crippen LogP contribution in [0.3, 0.4) is 0 Å². The molecule has 0 bridgehead atoms.